The van der Waals surface area contributed by atoms with E-state index in [1.165, 1.54) is 0 Å². The zero-order chi connectivity index (χ0) is 22.3. The number of nitrogens with zero attached hydrogens (tertiary/aromatic N) is 7. The van der Waals surface area contributed by atoms with Gasteiger partial charge in [0.2, 0.25) is 0 Å². The first-order chi connectivity index (χ1) is 15.5. The molecule has 3 aromatic heterocycles. The maximum atomic E-state index is 13.0. The number of carbonyl (C=O) groups is 1. The van der Waals surface area contributed by atoms with Gasteiger partial charge in [-0.25, -0.2) is 24.9 Å². The number of amides is 1. The first kappa shape index (κ1) is 20.7. The number of nitrogens with one attached hydrogen (secondary N) is 1. The molecule has 0 bridgehead atoms. The van der Waals surface area contributed by atoms with Gasteiger partial charge < -0.3 is 19.5 Å². The molecule has 32 heavy (non-hydrogen) atoms. The van der Waals surface area contributed by atoms with E-state index in [1.807, 2.05) is 23.3 Å². The van der Waals surface area contributed by atoms with E-state index in [0.717, 1.165) is 36.3 Å². The molecule has 5 heterocycles. The molecule has 2 saturated heterocycles. The average Bonchev–Trinajstić information content (AvgIpc) is 3.53. The second-order valence-electron chi connectivity index (χ2n) is 8.66. The van der Waals surface area contributed by atoms with Crippen molar-refractivity contribution in [2.75, 3.05) is 25.0 Å². The summed E-state index contributed by atoms with van der Waals surface area (Å²) < 4.78 is 7.79. The number of hydrogen-bond donors (Lipinski definition) is 1. The SMILES string of the molecule is CCn1c(-c2cnc(C)nc2)nc2c(N[C@H]3CCN(C(=O)C4(C)CCCO4)C3)ncnc21. The number of fused-ring (bicyclic) bond motifs is 1. The normalized spacial score (nSPS) is 23.2. The van der Waals surface area contributed by atoms with E-state index < -0.39 is 5.60 Å². The fraction of sp³-hybridized carbons (Fsp3) is 0.545. The zero-order valence-corrected chi connectivity index (χ0v) is 18.7. The summed E-state index contributed by atoms with van der Waals surface area (Å²) >= 11 is 0. The third-order valence-electron chi connectivity index (χ3n) is 6.37. The summed E-state index contributed by atoms with van der Waals surface area (Å²) in [5.74, 6) is 2.25. The van der Waals surface area contributed by atoms with Crippen LogP contribution >= 0.6 is 0 Å². The largest absolute Gasteiger partial charge is 0.365 e. The predicted octanol–water partition coefficient (Wildman–Crippen LogP) is 2.19. The number of imidazole rings is 1. The number of hydrogen-bond acceptors (Lipinski definition) is 8. The van der Waals surface area contributed by atoms with E-state index in [9.17, 15) is 4.79 Å². The number of ether oxygens (including phenoxy) is 1. The number of likely N-dealkylation sites (tertiary alicyclic amines) is 1. The van der Waals surface area contributed by atoms with Crippen LogP contribution in [0.3, 0.4) is 0 Å². The Morgan fingerprint density at radius 3 is 2.81 bits per heavy atom. The third kappa shape index (κ3) is 3.58. The molecule has 2 fully saturated rings. The zero-order valence-electron chi connectivity index (χ0n) is 18.7. The Hall–Kier alpha value is -3.14. The summed E-state index contributed by atoms with van der Waals surface area (Å²) in [6.45, 7) is 8.52. The molecule has 2 aliphatic heterocycles. The summed E-state index contributed by atoms with van der Waals surface area (Å²) in [5, 5.41) is 3.50. The Morgan fingerprint density at radius 1 is 1.28 bits per heavy atom. The Balaban J connectivity index is 1.39. The van der Waals surface area contributed by atoms with Gasteiger partial charge in [0.25, 0.3) is 5.91 Å². The maximum Gasteiger partial charge on any atom is 0.254 e. The minimum Gasteiger partial charge on any atom is -0.365 e. The molecular weight excluding hydrogens is 408 g/mol. The minimum absolute atomic E-state index is 0.0871. The van der Waals surface area contributed by atoms with Crippen molar-refractivity contribution in [2.45, 2.75) is 58.2 Å². The lowest BCUT2D eigenvalue weighted by Crippen LogP contribution is -2.46. The second-order valence-corrected chi connectivity index (χ2v) is 8.66. The van der Waals surface area contributed by atoms with Crippen molar-refractivity contribution in [3.05, 3.63) is 24.5 Å². The first-order valence-electron chi connectivity index (χ1n) is 11.2. The molecule has 0 spiro atoms. The van der Waals surface area contributed by atoms with Crippen LogP contribution in [0, 0.1) is 6.92 Å². The molecule has 1 N–H and O–H groups in total. The van der Waals surface area contributed by atoms with E-state index in [1.54, 1.807) is 18.7 Å². The highest BCUT2D eigenvalue weighted by molar-refractivity contribution is 5.87. The molecule has 2 atom stereocenters. The molecule has 10 heteroatoms. The highest BCUT2D eigenvalue weighted by Crippen LogP contribution is 2.30. The van der Waals surface area contributed by atoms with Crippen molar-refractivity contribution in [3.63, 3.8) is 0 Å². The van der Waals surface area contributed by atoms with Crippen LogP contribution in [0.2, 0.25) is 0 Å². The first-order valence-corrected chi connectivity index (χ1v) is 11.2. The monoisotopic (exact) mass is 436 g/mol. The number of anilines is 1. The Labute approximate surface area is 186 Å². The molecule has 0 radical (unpaired) electrons. The van der Waals surface area contributed by atoms with E-state index >= 15 is 0 Å². The van der Waals surface area contributed by atoms with Gasteiger partial charge in [-0.3, -0.25) is 4.79 Å². The van der Waals surface area contributed by atoms with E-state index in [0.29, 0.717) is 43.4 Å². The van der Waals surface area contributed by atoms with Crippen LogP contribution in [0.4, 0.5) is 5.82 Å². The van der Waals surface area contributed by atoms with Crippen molar-refractivity contribution in [1.29, 1.82) is 0 Å². The molecule has 0 saturated carbocycles. The lowest BCUT2D eigenvalue weighted by atomic mass is 10.0. The maximum absolute atomic E-state index is 13.0. The van der Waals surface area contributed by atoms with Crippen LogP contribution in [-0.4, -0.2) is 71.6 Å². The minimum atomic E-state index is -0.679. The molecule has 168 valence electrons. The van der Waals surface area contributed by atoms with Crippen LogP contribution in [0.5, 0.6) is 0 Å². The smallest absolute Gasteiger partial charge is 0.254 e. The van der Waals surface area contributed by atoms with E-state index in [4.69, 9.17) is 9.72 Å². The van der Waals surface area contributed by atoms with Gasteiger partial charge in [0.05, 0.1) is 5.56 Å². The standard InChI is InChI=1S/C22H28N8O2/c1-4-30-19(15-10-23-14(2)24-11-15)28-17-18(25-13-26-20(17)30)27-16-6-8-29(12-16)21(31)22(3)7-5-9-32-22/h10-11,13,16H,4-9,12H2,1-3H3,(H,25,26,27)/t16-,22?/m0/s1. The molecular formula is C22H28N8O2. The molecule has 10 nitrogen and oxygen atoms in total. The summed E-state index contributed by atoms with van der Waals surface area (Å²) in [7, 11) is 0. The van der Waals surface area contributed by atoms with Gasteiger partial charge in [-0.15, -0.1) is 0 Å². The summed E-state index contributed by atoms with van der Waals surface area (Å²) in [6, 6.07) is 0.0972. The Bertz CT molecular complexity index is 1140. The lowest BCUT2D eigenvalue weighted by molar-refractivity contribution is -0.149. The van der Waals surface area contributed by atoms with Gasteiger partial charge in [0.15, 0.2) is 17.0 Å². The van der Waals surface area contributed by atoms with Gasteiger partial charge >= 0.3 is 0 Å². The Kier molecular flexibility index (Phi) is 5.24. The van der Waals surface area contributed by atoms with Gasteiger partial charge in [-0.1, -0.05) is 0 Å². The fourth-order valence-corrected chi connectivity index (χ4v) is 4.61. The summed E-state index contributed by atoms with van der Waals surface area (Å²) in [5.41, 5.74) is 1.63. The van der Waals surface area contributed by atoms with Crippen LogP contribution in [0.1, 0.15) is 38.9 Å². The quantitative estimate of drug-likeness (QED) is 0.648. The highest BCUT2D eigenvalue weighted by Gasteiger charge is 2.42. The average molecular weight is 437 g/mol. The van der Waals surface area contributed by atoms with E-state index in [-0.39, 0.29) is 11.9 Å². The molecule has 2 aliphatic rings. The van der Waals surface area contributed by atoms with Crippen LogP contribution in [0.15, 0.2) is 18.7 Å². The number of aryl methyl sites for hydroxylation is 2. The third-order valence-corrected chi connectivity index (χ3v) is 6.37. The number of aromatic nitrogens is 6. The molecule has 3 aromatic rings. The fourth-order valence-electron chi connectivity index (χ4n) is 4.61. The van der Waals surface area contributed by atoms with Gasteiger partial charge in [0, 0.05) is 44.7 Å². The van der Waals surface area contributed by atoms with Crippen molar-refractivity contribution < 1.29 is 9.53 Å². The van der Waals surface area contributed by atoms with Crippen molar-refractivity contribution in [3.8, 4) is 11.4 Å². The van der Waals surface area contributed by atoms with Gasteiger partial charge in [-0.05, 0) is 40.0 Å². The second kappa shape index (κ2) is 8.09. The predicted molar refractivity (Wildman–Crippen MR) is 119 cm³/mol. The Morgan fingerprint density at radius 2 is 2.09 bits per heavy atom. The molecule has 0 aliphatic carbocycles. The lowest BCUT2D eigenvalue weighted by Gasteiger charge is -2.28. The molecule has 0 aromatic carbocycles. The van der Waals surface area contributed by atoms with Crippen molar-refractivity contribution >= 4 is 22.9 Å². The summed E-state index contributed by atoms with van der Waals surface area (Å²) in [6.07, 6.45) is 7.68. The van der Waals surface area contributed by atoms with Crippen molar-refractivity contribution in [2.24, 2.45) is 0 Å². The van der Waals surface area contributed by atoms with Crippen LogP contribution < -0.4 is 5.32 Å². The molecule has 5 rings (SSSR count). The highest BCUT2D eigenvalue weighted by atomic mass is 16.5. The number of rotatable bonds is 5. The number of carbonyl (C=O) groups excluding carboxylic acids is 1. The summed E-state index contributed by atoms with van der Waals surface area (Å²) in [4.78, 5) is 37.3. The van der Waals surface area contributed by atoms with E-state index in [2.05, 4.69) is 32.2 Å². The topological polar surface area (TPSA) is 111 Å². The van der Waals surface area contributed by atoms with Crippen LogP contribution in [-0.2, 0) is 16.1 Å². The van der Waals surface area contributed by atoms with Gasteiger partial charge in [0.1, 0.15) is 23.6 Å². The van der Waals surface area contributed by atoms with Gasteiger partial charge in [-0.2, -0.15) is 0 Å². The molecule has 1 unspecified atom stereocenters. The van der Waals surface area contributed by atoms with Crippen molar-refractivity contribution in [1.82, 2.24) is 34.4 Å². The molecule has 1 amide bonds. The van der Waals surface area contributed by atoms with Crippen LogP contribution in [0.25, 0.3) is 22.6 Å².